The van der Waals surface area contributed by atoms with Crippen LogP contribution >= 0.6 is 0 Å². The summed E-state index contributed by atoms with van der Waals surface area (Å²) in [5.41, 5.74) is -2.38. The van der Waals surface area contributed by atoms with Gasteiger partial charge >= 0.3 is 12.4 Å². The summed E-state index contributed by atoms with van der Waals surface area (Å²) in [7, 11) is 0. The van der Waals surface area contributed by atoms with Gasteiger partial charge in [-0.2, -0.15) is 26.3 Å². The molecule has 3 aromatic carbocycles. The Morgan fingerprint density at radius 1 is 0.711 bits per heavy atom. The van der Waals surface area contributed by atoms with Crippen LogP contribution in [0.3, 0.4) is 0 Å². The fourth-order valence-electron chi connectivity index (χ4n) is 4.27. The van der Waals surface area contributed by atoms with E-state index in [0.29, 0.717) is 17.3 Å². The fraction of sp³-hybridized carbons (Fsp3) is 0.172. The maximum atomic E-state index is 13.7. The summed E-state index contributed by atoms with van der Waals surface area (Å²) in [4.78, 5) is 18.1. The van der Waals surface area contributed by atoms with Crippen LogP contribution in [-0.2, 0) is 24.3 Å². The number of amides is 1. The molecule has 1 unspecified atom stereocenters. The molecule has 1 heterocycles. The van der Waals surface area contributed by atoms with Crippen LogP contribution < -0.4 is 5.32 Å². The van der Waals surface area contributed by atoms with Gasteiger partial charge in [0.25, 0.3) is 5.91 Å². The Bertz CT molecular complexity index is 1430. The number of benzene rings is 3. The zero-order valence-corrected chi connectivity index (χ0v) is 20.1. The minimum absolute atomic E-state index is 0.0176. The fourth-order valence-corrected chi connectivity index (χ4v) is 4.27. The zero-order chi connectivity index (χ0) is 27.6. The highest BCUT2D eigenvalue weighted by molar-refractivity contribution is 5.95. The van der Waals surface area contributed by atoms with E-state index in [1.165, 1.54) is 18.2 Å². The molecule has 1 N–H and O–H groups in total. The number of alkyl halides is 6. The lowest BCUT2D eigenvalue weighted by atomic mass is 9.79. The second-order valence-corrected chi connectivity index (χ2v) is 8.84. The summed E-state index contributed by atoms with van der Waals surface area (Å²) in [6.45, 7) is 1.69. The predicted octanol–water partition coefficient (Wildman–Crippen LogP) is 7.34. The lowest BCUT2D eigenvalue weighted by Crippen LogP contribution is -2.49. The van der Waals surface area contributed by atoms with Gasteiger partial charge in [0, 0.05) is 17.7 Å². The Balaban J connectivity index is 1.94. The van der Waals surface area contributed by atoms with Gasteiger partial charge in [0.05, 0.1) is 16.8 Å². The summed E-state index contributed by atoms with van der Waals surface area (Å²) >= 11 is 0. The number of hydrogen-bond donors (Lipinski definition) is 1. The highest BCUT2D eigenvalue weighted by atomic mass is 19.4. The molecule has 4 aromatic rings. The van der Waals surface area contributed by atoms with E-state index in [1.807, 2.05) is 0 Å². The molecule has 38 heavy (non-hydrogen) atoms. The van der Waals surface area contributed by atoms with Crippen molar-refractivity contribution < 1.29 is 31.1 Å². The number of pyridine rings is 1. The van der Waals surface area contributed by atoms with E-state index in [0.717, 1.165) is 24.3 Å². The van der Waals surface area contributed by atoms with Crippen molar-refractivity contribution in [2.45, 2.75) is 31.2 Å². The smallest absolute Gasteiger partial charge is 0.337 e. The number of aryl methyl sites for hydroxylation is 1. The van der Waals surface area contributed by atoms with Crippen LogP contribution in [-0.4, -0.2) is 10.9 Å². The molecule has 0 bridgehead atoms. The molecule has 9 heteroatoms. The van der Waals surface area contributed by atoms with Crippen molar-refractivity contribution in [3.63, 3.8) is 0 Å². The minimum atomic E-state index is -4.68. The molecule has 0 saturated heterocycles. The molecule has 0 spiro atoms. The summed E-state index contributed by atoms with van der Waals surface area (Å²) < 4.78 is 81.2. The largest absolute Gasteiger partial charge is 0.416 e. The van der Waals surface area contributed by atoms with Crippen molar-refractivity contribution in [3.8, 4) is 0 Å². The van der Waals surface area contributed by atoms with Gasteiger partial charge in [-0.15, -0.1) is 0 Å². The molecule has 3 nitrogen and oxygen atoms in total. The van der Waals surface area contributed by atoms with E-state index in [1.54, 1.807) is 55.5 Å². The molecule has 0 radical (unpaired) electrons. The molecular weight excluding hydrogens is 506 g/mol. The second kappa shape index (κ2) is 10.3. The van der Waals surface area contributed by atoms with Crippen molar-refractivity contribution in [2.75, 3.05) is 0 Å². The average Bonchev–Trinajstić information content (AvgIpc) is 2.88. The standard InChI is InChI=1S/C29H22F6N2O/c1-19-8-5-15-25(36-19)27(18-20-9-3-2-4-10-20,22-12-7-14-24(17-22)29(33,34)35)37-26(38)21-11-6-13-23(16-21)28(30,31)32/h2-17H,18H2,1H3,(H,37,38). The monoisotopic (exact) mass is 528 g/mol. The van der Waals surface area contributed by atoms with E-state index in [-0.39, 0.29) is 23.2 Å². The van der Waals surface area contributed by atoms with E-state index in [9.17, 15) is 31.1 Å². The van der Waals surface area contributed by atoms with E-state index < -0.39 is 34.9 Å². The van der Waals surface area contributed by atoms with Crippen molar-refractivity contribution in [2.24, 2.45) is 0 Å². The third-order valence-electron chi connectivity index (χ3n) is 6.10. The summed E-state index contributed by atoms with van der Waals surface area (Å²) in [6.07, 6.45) is -9.37. The number of nitrogens with one attached hydrogen (secondary N) is 1. The van der Waals surface area contributed by atoms with Crippen molar-refractivity contribution >= 4 is 5.91 Å². The van der Waals surface area contributed by atoms with Gasteiger partial charge in [-0.05, 0) is 60.5 Å². The molecular formula is C29H22F6N2O. The van der Waals surface area contributed by atoms with Gasteiger partial charge in [0.15, 0.2) is 0 Å². The highest BCUT2D eigenvalue weighted by Gasteiger charge is 2.41. The van der Waals surface area contributed by atoms with Gasteiger partial charge in [-0.25, -0.2) is 0 Å². The SMILES string of the molecule is Cc1cccc(C(Cc2ccccc2)(NC(=O)c2cccc(C(F)(F)F)c2)c2cccc(C(F)(F)F)c2)n1. The first-order valence-corrected chi connectivity index (χ1v) is 11.5. The second-order valence-electron chi connectivity index (χ2n) is 8.84. The van der Waals surface area contributed by atoms with Crippen LogP contribution in [0.25, 0.3) is 0 Å². The molecule has 1 amide bonds. The number of rotatable bonds is 6. The highest BCUT2D eigenvalue weighted by Crippen LogP contribution is 2.37. The lowest BCUT2D eigenvalue weighted by molar-refractivity contribution is -0.138. The Morgan fingerprint density at radius 2 is 1.29 bits per heavy atom. The maximum absolute atomic E-state index is 13.7. The zero-order valence-electron chi connectivity index (χ0n) is 20.1. The molecule has 0 aliphatic rings. The number of aromatic nitrogens is 1. The van der Waals surface area contributed by atoms with Gasteiger partial charge in [0.2, 0.25) is 0 Å². The number of carbonyl (C=O) groups excluding carboxylic acids is 1. The Kier molecular flexibility index (Phi) is 7.31. The third-order valence-corrected chi connectivity index (χ3v) is 6.10. The van der Waals surface area contributed by atoms with Crippen LogP contribution in [0.4, 0.5) is 26.3 Å². The molecule has 0 saturated carbocycles. The number of nitrogens with zero attached hydrogens (tertiary/aromatic N) is 1. The topological polar surface area (TPSA) is 42.0 Å². The molecule has 1 atom stereocenters. The van der Waals surface area contributed by atoms with Gasteiger partial charge in [-0.1, -0.05) is 54.6 Å². The Labute approximate surface area is 215 Å². The molecule has 0 aliphatic heterocycles. The lowest BCUT2D eigenvalue weighted by Gasteiger charge is -2.36. The molecule has 196 valence electrons. The van der Waals surface area contributed by atoms with Crippen molar-refractivity contribution in [3.05, 3.63) is 136 Å². The first-order chi connectivity index (χ1) is 17.9. The van der Waals surface area contributed by atoms with E-state index >= 15 is 0 Å². The normalized spacial score (nSPS) is 13.6. The van der Waals surface area contributed by atoms with Crippen LogP contribution in [0.5, 0.6) is 0 Å². The van der Waals surface area contributed by atoms with Crippen molar-refractivity contribution in [1.29, 1.82) is 0 Å². The molecule has 0 fully saturated rings. The molecule has 4 rings (SSSR count). The summed E-state index contributed by atoms with van der Waals surface area (Å²) in [5, 5.41) is 2.78. The first kappa shape index (κ1) is 26.9. The number of carbonyl (C=O) groups is 1. The average molecular weight is 528 g/mol. The number of halogens is 6. The summed E-state index contributed by atoms with van der Waals surface area (Å²) in [6, 6.07) is 22.0. The molecule has 0 aliphatic carbocycles. The van der Waals surface area contributed by atoms with Gasteiger partial charge in [-0.3, -0.25) is 9.78 Å². The van der Waals surface area contributed by atoms with E-state index in [2.05, 4.69) is 10.3 Å². The van der Waals surface area contributed by atoms with Crippen LogP contribution in [0.2, 0.25) is 0 Å². The number of hydrogen-bond acceptors (Lipinski definition) is 2. The van der Waals surface area contributed by atoms with Crippen LogP contribution in [0.1, 0.15) is 44.0 Å². The third kappa shape index (κ3) is 5.88. The van der Waals surface area contributed by atoms with E-state index in [4.69, 9.17) is 0 Å². The predicted molar refractivity (Wildman–Crippen MR) is 130 cm³/mol. The van der Waals surface area contributed by atoms with Gasteiger partial charge in [0.1, 0.15) is 5.54 Å². The van der Waals surface area contributed by atoms with Gasteiger partial charge < -0.3 is 5.32 Å². The first-order valence-electron chi connectivity index (χ1n) is 11.5. The van der Waals surface area contributed by atoms with Crippen molar-refractivity contribution in [1.82, 2.24) is 10.3 Å². The Hall–Kier alpha value is -4.14. The van der Waals surface area contributed by atoms with Crippen LogP contribution in [0, 0.1) is 6.92 Å². The quantitative estimate of drug-likeness (QED) is 0.266. The van der Waals surface area contributed by atoms with Crippen LogP contribution in [0.15, 0.2) is 97.1 Å². The molecule has 1 aromatic heterocycles. The maximum Gasteiger partial charge on any atom is 0.416 e. The summed E-state index contributed by atoms with van der Waals surface area (Å²) in [5.74, 6) is -0.896. The Morgan fingerprint density at radius 3 is 1.92 bits per heavy atom. The minimum Gasteiger partial charge on any atom is -0.337 e.